The summed E-state index contributed by atoms with van der Waals surface area (Å²) in [5, 5.41) is 17.9. The van der Waals surface area contributed by atoms with E-state index in [0.717, 1.165) is 16.5 Å². The molecule has 0 fully saturated rings. The molecule has 7 nitrogen and oxygen atoms in total. The van der Waals surface area contributed by atoms with Gasteiger partial charge in [0, 0.05) is 5.39 Å². The summed E-state index contributed by atoms with van der Waals surface area (Å²) in [4.78, 5) is 17.7. The maximum atomic E-state index is 13.1. The summed E-state index contributed by atoms with van der Waals surface area (Å²) in [7, 11) is 1.39. The molecule has 4 rings (SSSR count). The number of hydrogen-bond donors (Lipinski definition) is 1. The Kier molecular flexibility index (Phi) is 5.51. The lowest BCUT2D eigenvalue weighted by molar-refractivity contribution is 0.102. The SMILES string of the molecule is COc1c(Cl)ccc(Cl)c1C(=O)Nc1c(C#N)cnn1-c1cc(C)c2ccccc2n1. The van der Waals surface area contributed by atoms with Crippen LogP contribution in [0.4, 0.5) is 5.82 Å². The van der Waals surface area contributed by atoms with Crippen molar-refractivity contribution in [3.8, 4) is 17.6 Å². The lowest BCUT2D eigenvalue weighted by Crippen LogP contribution is -2.18. The number of fused-ring (bicyclic) bond motifs is 1. The van der Waals surface area contributed by atoms with Crippen molar-refractivity contribution in [3.63, 3.8) is 0 Å². The highest BCUT2D eigenvalue weighted by Gasteiger charge is 2.23. The molecular formula is C22H15Cl2N5O2. The molecule has 0 aliphatic rings. The summed E-state index contributed by atoms with van der Waals surface area (Å²) in [6, 6.07) is 14.6. The van der Waals surface area contributed by atoms with Crippen LogP contribution in [-0.2, 0) is 0 Å². The van der Waals surface area contributed by atoms with Gasteiger partial charge < -0.3 is 10.1 Å². The second-order valence-electron chi connectivity index (χ2n) is 6.64. The van der Waals surface area contributed by atoms with Gasteiger partial charge in [-0.3, -0.25) is 4.79 Å². The van der Waals surface area contributed by atoms with E-state index in [9.17, 15) is 10.1 Å². The van der Waals surface area contributed by atoms with E-state index < -0.39 is 5.91 Å². The Morgan fingerprint density at radius 1 is 1.19 bits per heavy atom. The van der Waals surface area contributed by atoms with Crippen molar-refractivity contribution < 1.29 is 9.53 Å². The fourth-order valence-electron chi connectivity index (χ4n) is 3.28. The molecule has 0 saturated heterocycles. The number of amides is 1. The summed E-state index contributed by atoms with van der Waals surface area (Å²) < 4.78 is 6.66. The van der Waals surface area contributed by atoms with Crippen LogP contribution < -0.4 is 10.1 Å². The molecule has 0 aliphatic carbocycles. The van der Waals surface area contributed by atoms with Gasteiger partial charge in [-0.2, -0.15) is 15.0 Å². The number of nitriles is 1. The first kappa shape index (κ1) is 20.7. The van der Waals surface area contributed by atoms with Gasteiger partial charge in [-0.25, -0.2) is 4.98 Å². The van der Waals surface area contributed by atoms with Crippen molar-refractivity contribution in [1.29, 1.82) is 5.26 Å². The van der Waals surface area contributed by atoms with Gasteiger partial charge in [0.25, 0.3) is 5.91 Å². The van der Waals surface area contributed by atoms with E-state index >= 15 is 0 Å². The van der Waals surface area contributed by atoms with E-state index in [1.807, 2.05) is 43.3 Å². The molecule has 0 saturated carbocycles. The van der Waals surface area contributed by atoms with Gasteiger partial charge in [-0.15, -0.1) is 0 Å². The summed E-state index contributed by atoms with van der Waals surface area (Å²) in [5.41, 5.74) is 1.96. The molecule has 4 aromatic rings. The second kappa shape index (κ2) is 8.26. The zero-order chi connectivity index (χ0) is 22.1. The second-order valence-corrected chi connectivity index (χ2v) is 7.45. The molecule has 0 unspecified atom stereocenters. The van der Waals surface area contributed by atoms with Gasteiger partial charge in [-0.05, 0) is 36.8 Å². The Morgan fingerprint density at radius 3 is 2.68 bits per heavy atom. The molecule has 31 heavy (non-hydrogen) atoms. The third kappa shape index (κ3) is 3.67. The van der Waals surface area contributed by atoms with Crippen LogP contribution in [0.5, 0.6) is 5.75 Å². The zero-order valence-electron chi connectivity index (χ0n) is 16.5. The zero-order valence-corrected chi connectivity index (χ0v) is 18.0. The van der Waals surface area contributed by atoms with Crippen LogP contribution in [0.3, 0.4) is 0 Å². The molecule has 1 amide bonds. The summed E-state index contributed by atoms with van der Waals surface area (Å²) in [6.07, 6.45) is 1.36. The van der Waals surface area contributed by atoms with E-state index in [1.54, 1.807) is 0 Å². The molecule has 0 atom stereocenters. The minimum Gasteiger partial charge on any atom is -0.494 e. The van der Waals surface area contributed by atoms with Crippen LogP contribution in [0.2, 0.25) is 10.0 Å². The van der Waals surface area contributed by atoms with Crippen molar-refractivity contribution in [1.82, 2.24) is 14.8 Å². The van der Waals surface area contributed by atoms with Gasteiger partial charge in [0.15, 0.2) is 17.4 Å². The van der Waals surface area contributed by atoms with E-state index in [4.69, 9.17) is 27.9 Å². The van der Waals surface area contributed by atoms with E-state index in [1.165, 1.54) is 30.1 Å². The van der Waals surface area contributed by atoms with E-state index in [2.05, 4.69) is 15.4 Å². The number of carbonyl (C=O) groups is 1. The Hall–Kier alpha value is -3.60. The minimum absolute atomic E-state index is 0.0518. The van der Waals surface area contributed by atoms with Crippen molar-refractivity contribution in [2.45, 2.75) is 6.92 Å². The Morgan fingerprint density at radius 2 is 1.94 bits per heavy atom. The van der Waals surface area contributed by atoms with Crippen LogP contribution in [-0.4, -0.2) is 27.8 Å². The number of aromatic nitrogens is 3. The number of rotatable bonds is 4. The monoisotopic (exact) mass is 451 g/mol. The predicted octanol–water partition coefficient (Wildman–Crippen LogP) is 5.17. The number of methoxy groups -OCH3 is 1. The van der Waals surface area contributed by atoms with Crippen molar-refractivity contribution >= 4 is 45.8 Å². The highest BCUT2D eigenvalue weighted by molar-refractivity contribution is 6.37. The number of anilines is 1. The maximum Gasteiger partial charge on any atom is 0.262 e. The quantitative estimate of drug-likeness (QED) is 0.461. The number of hydrogen-bond acceptors (Lipinski definition) is 5. The number of nitrogens with zero attached hydrogens (tertiary/aromatic N) is 4. The normalized spacial score (nSPS) is 10.7. The van der Waals surface area contributed by atoms with Crippen LogP contribution in [0, 0.1) is 18.3 Å². The minimum atomic E-state index is -0.597. The summed E-state index contributed by atoms with van der Waals surface area (Å²) >= 11 is 12.4. The van der Waals surface area contributed by atoms with Crippen LogP contribution >= 0.6 is 23.2 Å². The van der Waals surface area contributed by atoms with Crippen molar-refractivity contribution in [2.75, 3.05) is 12.4 Å². The number of ether oxygens (including phenoxy) is 1. The lowest BCUT2D eigenvalue weighted by atomic mass is 10.1. The summed E-state index contributed by atoms with van der Waals surface area (Å²) in [5.74, 6) is 0.154. The topological polar surface area (TPSA) is 92.8 Å². The fraction of sp³-hybridized carbons (Fsp3) is 0.0909. The van der Waals surface area contributed by atoms with Gasteiger partial charge >= 0.3 is 0 Å². The van der Waals surface area contributed by atoms with Crippen LogP contribution in [0.25, 0.3) is 16.7 Å². The molecule has 0 bridgehead atoms. The molecule has 2 aromatic heterocycles. The van der Waals surface area contributed by atoms with E-state index in [-0.39, 0.29) is 32.7 Å². The predicted molar refractivity (Wildman–Crippen MR) is 119 cm³/mol. The number of pyridine rings is 1. The number of para-hydroxylation sites is 1. The standard InChI is InChI=1S/C22H15Cl2N5O2/c1-12-9-18(27-17-6-4-3-5-14(12)17)29-21(13(10-25)11-26-29)28-22(30)19-15(23)7-8-16(24)20(19)31-2/h3-9,11H,1-2H3,(H,28,30). The molecule has 0 spiro atoms. The third-order valence-electron chi connectivity index (χ3n) is 4.74. The van der Waals surface area contributed by atoms with Crippen LogP contribution in [0.15, 0.2) is 48.7 Å². The molecular weight excluding hydrogens is 437 g/mol. The van der Waals surface area contributed by atoms with Gasteiger partial charge in [0.1, 0.15) is 17.2 Å². The number of aryl methyl sites for hydroxylation is 1. The number of halogens is 2. The smallest absolute Gasteiger partial charge is 0.262 e. The Balaban J connectivity index is 1.82. The molecule has 2 heterocycles. The Bertz CT molecular complexity index is 1370. The number of nitrogens with one attached hydrogen (secondary N) is 1. The number of carbonyl (C=O) groups excluding carboxylic acids is 1. The average molecular weight is 452 g/mol. The maximum absolute atomic E-state index is 13.1. The van der Waals surface area contributed by atoms with Crippen molar-refractivity contribution in [2.24, 2.45) is 0 Å². The van der Waals surface area contributed by atoms with Gasteiger partial charge in [0.05, 0.1) is 28.9 Å². The fourth-order valence-corrected chi connectivity index (χ4v) is 3.75. The first-order chi connectivity index (χ1) is 14.9. The molecule has 0 aliphatic heterocycles. The highest BCUT2D eigenvalue weighted by Crippen LogP contribution is 2.34. The first-order valence-electron chi connectivity index (χ1n) is 9.12. The molecule has 0 radical (unpaired) electrons. The molecule has 2 aromatic carbocycles. The summed E-state index contributed by atoms with van der Waals surface area (Å²) in [6.45, 7) is 1.96. The Labute approximate surface area is 187 Å². The highest BCUT2D eigenvalue weighted by atomic mass is 35.5. The van der Waals surface area contributed by atoms with Crippen LogP contribution in [0.1, 0.15) is 21.5 Å². The molecule has 154 valence electrons. The third-order valence-corrected chi connectivity index (χ3v) is 5.35. The molecule has 1 N–H and O–H groups in total. The largest absolute Gasteiger partial charge is 0.494 e. The first-order valence-corrected chi connectivity index (χ1v) is 9.88. The van der Waals surface area contributed by atoms with Gasteiger partial charge in [0.2, 0.25) is 0 Å². The van der Waals surface area contributed by atoms with Crippen molar-refractivity contribution in [3.05, 3.63) is 75.4 Å². The van der Waals surface area contributed by atoms with E-state index in [0.29, 0.717) is 5.82 Å². The molecule has 9 heteroatoms. The number of benzene rings is 2. The average Bonchev–Trinajstić information content (AvgIpc) is 3.17. The lowest BCUT2D eigenvalue weighted by Gasteiger charge is -2.14. The van der Waals surface area contributed by atoms with Gasteiger partial charge in [-0.1, -0.05) is 41.4 Å².